The molecule has 0 fully saturated rings. The molecule has 2 nitrogen and oxygen atoms in total. The largest absolute Gasteiger partial charge is 0.460 e. The lowest BCUT2D eigenvalue weighted by Crippen LogP contribution is -2.31. The zero-order chi connectivity index (χ0) is 17.6. The molecule has 0 spiro atoms. The molecule has 22 heavy (non-hydrogen) atoms. The SMILES string of the molecule is CC(C)(C)Cc1ccccc1.CC(C)(C)OC(=O)C(C)(C)C. The monoisotopic (exact) mass is 306 g/mol. The van der Waals surface area contributed by atoms with Crippen molar-refractivity contribution < 1.29 is 9.53 Å². The van der Waals surface area contributed by atoms with Crippen molar-refractivity contribution in [3.63, 3.8) is 0 Å². The number of esters is 1. The first kappa shape index (κ1) is 20.7. The topological polar surface area (TPSA) is 26.3 Å². The van der Waals surface area contributed by atoms with Crippen LogP contribution in [-0.4, -0.2) is 11.6 Å². The van der Waals surface area contributed by atoms with Crippen LogP contribution in [0.2, 0.25) is 0 Å². The van der Waals surface area contributed by atoms with Gasteiger partial charge < -0.3 is 4.74 Å². The van der Waals surface area contributed by atoms with Crippen molar-refractivity contribution in [1.29, 1.82) is 0 Å². The maximum Gasteiger partial charge on any atom is 0.311 e. The molecule has 0 aliphatic carbocycles. The van der Waals surface area contributed by atoms with Gasteiger partial charge in [-0.15, -0.1) is 0 Å². The summed E-state index contributed by atoms with van der Waals surface area (Å²) in [5, 5.41) is 0. The van der Waals surface area contributed by atoms with Crippen molar-refractivity contribution in [2.75, 3.05) is 0 Å². The van der Waals surface area contributed by atoms with E-state index in [4.69, 9.17) is 4.74 Å². The highest BCUT2D eigenvalue weighted by Gasteiger charge is 2.27. The van der Waals surface area contributed by atoms with Crippen molar-refractivity contribution in [2.24, 2.45) is 10.8 Å². The Morgan fingerprint density at radius 3 is 1.59 bits per heavy atom. The van der Waals surface area contributed by atoms with E-state index in [9.17, 15) is 4.79 Å². The second-order valence-corrected chi connectivity index (χ2v) is 8.97. The summed E-state index contributed by atoms with van der Waals surface area (Å²) < 4.78 is 5.16. The van der Waals surface area contributed by atoms with Crippen molar-refractivity contribution in [2.45, 2.75) is 74.3 Å². The van der Waals surface area contributed by atoms with E-state index in [-0.39, 0.29) is 11.6 Å². The van der Waals surface area contributed by atoms with E-state index in [0.29, 0.717) is 5.41 Å². The zero-order valence-electron chi connectivity index (χ0n) is 15.9. The summed E-state index contributed by atoms with van der Waals surface area (Å²) in [6.07, 6.45) is 1.16. The minimum absolute atomic E-state index is 0.148. The van der Waals surface area contributed by atoms with E-state index in [2.05, 4.69) is 51.1 Å². The fourth-order valence-electron chi connectivity index (χ4n) is 1.64. The van der Waals surface area contributed by atoms with Crippen LogP contribution in [0.15, 0.2) is 30.3 Å². The maximum absolute atomic E-state index is 11.3. The van der Waals surface area contributed by atoms with Crippen molar-refractivity contribution in [3.05, 3.63) is 35.9 Å². The second kappa shape index (κ2) is 7.80. The Labute approximate surface area is 137 Å². The van der Waals surface area contributed by atoms with Crippen molar-refractivity contribution in [3.8, 4) is 0 Å². The van der Waals surface area contributed by atoms with Gasteiger partial charge in [0.15, 0.2) is 0 Å². The molecule has 126 valence electrons. The molecular weight excluding hydrogens is 272 g/mol. The van der Waals surface area contributed by atoms with Crippen LogP contribution in [0, 0.1) is 10.8 Å². The van der Waals surface area contributed by atoms with Gasteiger partial charge in [0.2, 0.25) is 0 Å². The van der Waals surface area contributed by atoms with Gasteiger partial charge in [-0.25, -0.2) is 0 Å². The van der Waals surface area contributed by atoms with Crippen LogP contribution in [0.25, 0.3) is 0 Å². The number of carbonyl (C=O) groups is 1. The summed E-state index contributed by atoms with van der Waals surface area (Å²) in [7, 11) is 0. The number of benzene rings is 1. The van der Waals surface area contributed by atoms with Gasteiger partial charge in [-0.1, -0.05) is 51.1 Å². The summed E-state index contributed by atoms with van der Waals surface area (Å²) >= 11 is 0. The van der Waals surface area contributed by atoms with Crippen LogP contribution in [0.5, 0.6) is 0 Å². The molecule has 0 aliphatic rings. The van der Waals surface area contributed by atoms with Crippen LogP contribution in [0.1, 0.15) is 67.9 Å². The third-order valence-corrected chi connectivity index (χ3v) is 2.59. The fraction of sp³-hybridized carbons (Fsp3) is 0.650. The Balaban J connectivity index is 0.000000401. The Morgan fingerprint density at radius 1 is 0.864 bits per heavy atom. The highest BCUT2D eigenvalue weighted by Crippen LogP contribution is 2.20. The lowest BCUT2D eigenvalue weighted by atomic mass is 9.88. The molecule has 0 unspecified atom stereocenters. The molecule has 0 bridgehead atoms. The predicted molar refractivity (Wildman–Crippen MR) is 94.9 cm³/mol. The summed E-state index contributed by atoms with van der Waals surface area (Å²) in [6.45, 7) is 18.0. The number of ether oxygens (including phenoxy) is 1. The Hall–Kier alpha value is -1.31. The van der Waals surface area contributed by atoms with Gasteiger partial charge in [-0.2, -0.15) is 0 Å². The zero-order valence-corrected chi connectivity index (χ0v) is 15.9. The van der Waals surface area contributed by atoms with Gasteiger partial charge in [0.25, 0.3) is 0 Å². The molecule has 0 saturated carbocycles. The molecule has 0 heterocycles. The minimum atomic E-state index is -0.396. The van der Waals surface area contributed by atoms with Gasteiger partial charge in [-0.3, -0.25) is 4.79 Å². The fourth-order valence-corrected chi connectivity index (χ4v) is 1.64. The van der Waals surface area contributed by atoms with Gasteiger partial charge in [0.05, 0.1) is 5.41 Å². The standard InChI is InChI=1S/C11H16.C9H18O2/c1-11(2,3)9-10-7-5-4-6-8-10;1-8(2,3)7(10)11-9(4,5)6/h4-8H,9H2,1-3H3;1-6H3. The third kappa shape index (κ3) is 11.4. The third-order valence-electron chi connectivity index (χ3n) is 2.59. The quantitative estimate of drug-likeness (QED) is 0.627. The molecule has 0 saturated heterocycles. The minimum Gasteiger partial charge on any atom is -0.460 e. The Morgan fingerprint density at radius 2 is 1.32 bits per heavy atom. The molecule has 0 aliphatic heterocycles. The van der Waals surface area contributed by atoms with E-state index in [1.54, 1.807) is 0 Å². The second-order valence-electron chi connectivity index (χ2n) is 8.97. The van der Waals surface area contributed by atoms with E-state index < -0.39 is 5.41 Å². The van der Waals surface area contributed by atoms with Crippen LogP contribution < -0.4 is 0 Å². The van der Waals surface area contributed by atoms with Crippen molar-refractivity contribution >= 4 is 5.97 Å². The first-order valence-electron chi connectivity index (χ1n) is 7.98. The van der Waals surface area contributed by atoms with Crippen LogP contribution >= 0.6 is 0 Å². The lowest BCUT2D eigenvalue weighted by molar-refractivity contribution is -0.164. The summed E-state index contributed by atoms with van der Waals surface area (Å²) in [5.41, 5.74) is 1.07. The molecule has 0 amide bonds. The predicted octanol–water partition coefficient (Wildman–Crippen LogP) is 5.65. The molecular formula is C20H34O2. The number of hydrogen-bond acceptors (Lipinski definition) is 2. The Bertz CT molecular complexity index is 439. The lowest BCUT2D eigenvalue weighted by Gasteiger charge is -2.25. The Kier molecular flexibility index (Phi) is 7.34. The van der Waals surface area contributed by atoms with E-state index in [1.807, 2.05) is 41.5 Å². The van der Waals surface area contributed by atoms with Crippen LogP contribution in [0.4, 0.5) is 0 Å². The molecule has 1 aromatic carbocycles. The molecule has 0 radical (unpaired) electrons. The average molecular weight is 306 g/mol. The van der Waals surface area contributed by atoms with Crippen molar-refractivity contribution in [1.82, 2.24) is 0 Å². The number of hydrogen-bond donors (Lipinski definition) is 0. The van der Waals surface area contributed by atoms with Gasteiger partial charge in [-0.05, 0) is 58.9 Å². The first-order valence-corrected chi connectivity index (χ1v) is 7.98. The number of carbonyl (C=O) groups excluding carboxylic acids is 1. The normalized spacial score (nSPS) is 12.2. The summed E-state index contributed by atoms with van der Waals surface area (Å²) in [6, 6.07) is 10.6. The van der Waals surface area contributed by atoms with Crippen LogP contribution in [-0.2, 0) is 16.0 Å². The van der Waals surface area contributed by atoms with E-state index in [1.165, 1.54) is 5.56 Å². The number of rotatable bonds is 1. The van der Waals surface area contributed by atoms with E-state index in [0.717, 1.165) is 6.42 Å². The maximum atomic E-state index is 11.3. The molecule has 0 N–H and O–H groups in total. The first-order chi connectivity index (χ1) is 9.71. The molecule has 0 aromatic heterocycles. The summed E-state index contributed by atoms with van der Waals surface area (Å²) in [4.78, 5) is 11.3. The van der Waals surface area contributed by atoms with Crippen LogP contribution in [0.3, 0.4) is 0 Å². The average Bonchev–Trinajstić information content (AvgIpc) is 2.25. The smallest absolute Gasteiger partial charge is 0.311 e. The highest BCUT2D eigenvalue weighted by molar-refractivity contribution is 5.75. The molecule has 2 heteroatoms. The van der Waals surface area contributed by atoms with Gasteiger partial charge >= 0.3 is 5.97 Å². The summed E-state index contributed by atoms with van der Waals surface area (Å²) in [5.74, 6) is -0.148. The van der Waals surface area contributed by atoms with E-state index >= 15 is 0 Å². The molecule has 1 rings (SSSR count). The molecule has 0 atom stereocenters. The highest BCUT2D eigenvalue weighted by atomic mass is 16.6. The van der Waals surface area contributed by atoms with Gasteiger partial charge in [0, 0.05) is 0 Å². The molecule has 1 aromatic rings. The van der Waals surface area contributed by atoms with Gasteiger partial charge in [0.1, 0.15) is 5.60 Å².